The summed E-state index contributed by atoms with van der Waals surface area (Å²) in [4.78, 5) is 4.59. The van der Waals surface area contributed by atoms with E-state index in [2.05, 4.69) is 10.3 Å². The Morgan fingerprint density at radius 3 is 2.60 bits per heavy atom. The first-order valence-corrected chi connectivity index (χ1v) is 8.85. The standard InChI is InChI=1S/C19H21ClFN3O/c1-19(2,22)11-6-16(10-3-4-14(20)15(21)5-10)24-17(7-11)25-18-12-8-23-9-13(12)18/h3-7,12-13,18,23H,8-9,22H2,1-2H3/t12-,13+,18?. The maximum absolute atomic E-state index is 13.9. The summed E-state index contributed by atoms with van der Waals surface area (Å²) < 4.78 is 20.0. The van der Waals surface area contributed by atoms with Crippen molar-refractivity contribution < 1.29 is 9.13 Å². The molecule has 0 radical (unpaired) electrons. The van der Waals surface area contributed by atoms with Crippen molar-refractivity contribution in [1.82, 2.24) is 10.3 Å². The summed E-state index contributed by atoms with van der Waals surface area (Å²) in [5.74, 6) is 1.20. The molecule has 0 amide bonds. The second-order valence-electron chi connectivity index (χ2n) is 7.50. The van der Waals surface area contributed by atoms with Crippen LogP contribution in [0.25, 0.3) is 11.3 Å². The number of halogens is 2. The molecule has 1 aliphatic carbocycles. The number of benzene rings is 1. The van der Waals surface area contributed by atoms with E-state index in [0.717, 1.165) is 18.7 Å². The van der Waals surface area contributed by atoms with E-state index in [1.807, 2.05) is 26.0 Å². The Balaban J connectivity index is 1.70. The predicted molar refractivity (Wildman–Crippen MR) is 96.1 cm³/mol. The highest BCUT2D eigenvalue weighted by Crippen LogP contribution is 2.44. The van der Waals surface area contributed by atoms with Crippen LogP contribution in [0.2, 0.25) is 5.02 Å². The van der Waals surface area contributed by atoms with Crippen LogP contribution >= 0.6 is 11.6 Å². The van der Waals surface area contributed by atoms with E-state index in [1.165, 1.54) is 12.1 Å². The summed E-state index contributed by atoms with van der Waals surface area (Å²) in [7, 11) is 0. The molecule has 2 fully saturated rings. The molecule has 1 aliphatic heterocycles. The number of piperidine rings is 1. The Hall–Kier alpha value is -1.69. The third kappa shape index (κ3) is 3.24. The highest BCUT2D eigenvalue weighted by molar-refractivity contribution is 6.30. The molecule has 1 saturated carbocycles. The molecule has 3 N–H and O–H groups in total. The molecule has 2 aliphatic rings. The largest absolute Gasteiger partial charge is 0.474 e. The molecule has 4 rings (SSSR count). The number of nitrogens with one attached hydrogen (secondary N) is 1. The fourth-order valence-electron chi connectivity index (χ4n) is 3.42. The molecule has 1 aromatic carbocycles. The number of fused-ring (bicyclic) bond motifs is 1. The van der Waals surface area contributed by atoms with Gasteiger partial charge < -0.3 is 15.8 Å². The first-order chi connectivity index (χ1) is 11.8. The third-order valence-corrected chi connectivity index (χ3v) is 5.34. The van der Waals surface area contributed by atoms with Gasteiger partial charge in [0.25, 0.3) is 0 Å². The molecule has 1 saturated heterocycles. The summed E-state index contributed by atoms with van der Waals surface area (Å²) in [6.07, 6.45) is 0.208. The van der Waals surface area contributed by atoms with Crippen molar-refractivity contribution >= 4 is 11.6 Å². The monoisotopic (exact) mass is 361 g/mol. The minimum absolute atomic E-state index is 0.0915. The fourth-order valence-corrected chi connectivity index (χ4v) is 3.53. The lowest BCUT2D eigenvalue weighted by Crippen LogP contribution is -2.29. The summed E-state index contributed by atoms with van der Waals surface area (Å²) in [5, 5.41) is 3.44. The predicted octanol–water partition coefficient (Wildman–Crippen LogP) is 3.33. The Morgan fingerprint density at radius 2 is 1.96 bits per heavy atom. The van der Waals surface area contributed by atoms with Crippen molar-refractivity contribution in [2.45, 2.75) is 25.5 Å². The third-order valence-electron chi connectivity index (χ3n) is 5.03. The van der Waals surface area contributed by atoms with E-state index >= 15 is 0 Å². The molecule has 4 nitrogen and oxygen atoms in total. The van der Waals surface area contributed by atoms with Crippen LogP contribution < -0.4 is 15.8 Å². The summed E-state index contributed by atoms with van der Waals surface area (Å²) >= 11 is 5.79. The molecule has 2 aromatic rings. The van der Waals surface area contributed by atoms with E-state index in [-0.39, 0.29) is 11.1 Å². The lowest BCUT2D eigenvalue weighted by atomic mass is 9.95. The first-order valence-electron chi connectivity index (χ1n) is 8.47. The molecule has 3 atom stereocenters. The van der Waals surface area contributed by atoms with Gasteiger partial charge in [-0.1, -0.05) is 17.7 Å². The van der Waals surface area contributed by atoms with Gasteiger partial charge in [0.1, 0.15) is 11.9 Å². The van der Waals surface area contributed by atoms with Crippen LogP contribution in [-0.2, 0) is 5.54 Å². The van der Waals surface area contributed by atoms with Crippen molar-refractivity contribution in [1.29, 1.82) is 0 Å². The highest BCUT2D eigenvalue weighted by Gasteiger charge is 2.55. The second-order valence-corrected chi connectivity index (χ2v) is 7.91. The van der Waals surface area contributed by atoms with Gasteiger partial charge in [-0.3, -0.25) is 0 Å². The SMILES string of the molecule is CC(C)(N)c1cc(OC2[C@H]3CNC[C@@H]23)nc(-c2ccc(Cl)c(F)c2)c1. The molecule has 0 bridgehead atoms. The number of aromatic nitrogens is 1. The molecule has 0 spiro atoms. The van der Waals surface area contributed by atoms with Gasteiger partial charge in [-0.25, -0.2) is 9.37 Å². The molecule has 1 aromatic heterocycles. The molecule has 2 heterocycles. The van der Waals surface area contributed by atoms with Crippen LogP contribution in [0.1, 0.15) is 19.4 Å². The number of hydrogen-bond donors (Lipinski definition) is 2. The van der Waals surface area contributed by atoms with Crippen molar-refractivity contribution in [2.75, 3.05) is 13.1 Å². The molecular weight excluding hydrogens is 341 g/mol. The quantitative estimate of drug-likeness (QED) is 0.877. The van der Waals surface area contributed by atoms with Gasteiger partial charge in [-0.2, -0.15) is 0 Å². The average Bonchev–Trinajstić information content (AvgIpc) is 2.98. The van der Waals surface area contributed by atoms with Crippen LogP contribution in [0.5, 0.6) is 5.88 Å². The molecule has 25 heavy (non-hydrogen) atoms. The van der Waals surface area contributed by atoms with Crippen molar-refractivity contribution in [2.24, 2.45) is 17.6 Å². The lowest BCUT2D eigenvalue weighted by molar-refractivity contribution is 0.251. The van der Waals surface area contributed by atoms with Crippen molar-refractivity contribution in [3.63, 3.8) is 0 Å². The Morgan fingerprint density at radius 1 is 1.24 bits per heavy atom. The minimum atomic E-state index is -0.554. The van der Waals surface area contributed by atoms with Gasteiger partial charge >= 0.3 is 0 Å². The maximum atomic E-state index is 13.9. The van der Waals surface area contributed by atoms with E-state index in [9.17, 15) is 4.39 Å². The number of nitrogens with two attached hydrogens (primary N) is 1. The number of pyridine rings is 1. The van der Waals surface area contributed by atoms with E-state index < -0.39 is 11.4 Å². The van der Waals surface area contributed by atoms with Crippen molar-refractivity contribution in [3.05, 3.63) is 46.7 Å². The first kappa shape index (κ1) is 16.8. The Labute approximate surface area is 151 Å². The Bertz CT molecular complexity index is 811. The molecule has 6 heteroatoms. The van der Waals surface area contributed by atoms with Gasteiger partial charge in [0, 0.05) is 42.1 Å². The number of ether oxygens (including phenoxy) is 1. The maximum Gasteiger partial charge on any atom is 0.214 e. The van der Waals surface area contributed by atoms with E-state index in [0.29, 0.717) is 29.0 Å². The summed E-state index contributed by atoms with van der Waals surface area (Å²) in [5.41, 5.74) is 7.90. The zero-order chi connectivity index (χ0) is 17.8. The van der Waals surface area contributed by atoms with Crippen LogP contribution in [0, 0.1) is 17.7 Å². The van der Waals surface area contributed by atoms with Crippen LogP contribution in [0.15, 0.2) is 30.3 Å². The number of hydrogen-bond acceptors (Lipinski definition) is 4. The molecule has 1 unspecified atom stereocenters. The fraction of sp³-hybridized carbons (Fsp3) is 0.421. The second kappa shape index (κ2) is 5.94. The minimum Gasteiger partial charge on any atom is -0.474 e. The van der Waals surface area contributed by atoms with Crippen LogP contribution in [0.4, 0.5) is 4.39 Å². The normalized spacial score (nSPS) is 24.9. The smallest absolute Gasteiger partial charge is 0.214 e. The molecule has 132 valence electrons. The summed E-state index contributed by atoms with van der Waals surface area (Å²) in [6, 6.07) is 8.44. The van der Waals surface area contributed by atoms with E-state index in [1.54, 1.807) is 6.07 Å². The molecular formula is C19H21ClFN3O. The Kier molecular flexibility index (Phi) is 3.98. The van der Waals surface area contributed by atoms with Crippen LogP contribution in [-0.4, -0.2) is 24.2 Å². The highest BCUT2D eigenvalue weighted by atomic mass is 35.5. The van der Waals surface area contributed by atoms with Crippen LogP contribution in [0.3, 0.4) is 0 Å². The van der Waals surface area contributed by atoms with Gasteiger partial charge in [-0.15, -0.1) is 0 Å². The van der Waals surface area contributed by atoms with Gasteiger partial charge in [-0.05, 0) is 37.6 Å². The zero-order valence-corrected chi connectivity index (χ0v) is 15.0. The lowest BCUT2D eigenvalue weighted by Gasteiger charge is -2.21. The van der Waals surface area contributed by atoms with E-state index in [4.69, 9.17) is 22.1 Å². The summed E-state index contributed by atoms with van der Waals surface area (Å²) in [6.45, 7) is 5.83. The number of rotatable bonds is 4. The van der Waals surface area contributed by atoms with Gasteiger partial charge in [0.15, 0.2) is 0 Å². The number of nitrogens with zero attached hydrogens (tertiary/aromatic N) is 1. The zero-order valence-electron chi connectivity index (χ0n) is 14.2. The van der Waals surface area contributed by atoms with Gasteiger partial charge in [0.05, 0.1) is 10.7 Å². The van der Waals surface area contributed by atoms with Crippen molar-refractivity contribution in [3.8, 4) is 17.1 Å². The average molecular weight is 362 g/mol. The topological polar surface area (TPSA) is 60.2 Å². The van der Waals surface area contributed by atoms with Gasteiger partial charge in [0.2, 0.25) is 5.88 Å².